The van der Waals surface area contributed by atoms with E-state index in [-0.39, 0.29) is 0 Å². The summed E-state index contributed by atoms with van der Waals surface area (Å²) in [5, 5.41) is 9.34. The minimum Gasteiger partial charge on any atom is -0.289 e. The molecule has 2 unspecified atom stereocenters. The van der Waals surface area contributed by atoms with Gasteiger partial charge in [-0.2, -0.15) is 5.26 Å². The van der Waals surface area contributed by atoms with Gasteiger partial charge in [-0.3, -0.25) is 4.90 Å². The Morgan fingerprint density at radius 3 is 2.60 bits per heavy atom. The standard InChI is InChI=1S/C23H24N2/c24-16-21-10-5-4-9-20(21)13-19-14-22-11-6-12-23(15-19)25(22)17-18-7-2-1-3-8-18/h1-5,7-10,14,22-23H,6,11-13,15,17H2. The van der Waals surface area contributed by atoms with Gasteiger partial charge in [0.05, 0.1) is 11.6 Å². The van der Waals surface area contributed by atoms with Crippen LogP contribution < -0.4 is 0 Å². The Morgan fingerprint density at radius 1 is 1.00 bits per heavy atom. The second-order valence-electron chi connectivity index (χ2n) is 7.28. The van der Waals surface area contributed by atoms with Crippen molar-refractivity contribution in [3.63, 3.8) is 0 Å². The van der Waals surface area contributed by atoms with E-state index >= 15 is 0 Å². The highest BCUT2D eigenvalue weighted by molar-refractivity contribution is 5.40. The van der Waals surface area contributed by atoms with Crippen LogP contribution in [0.3, 0.4) is 0 Å². The van der Waals surface area contributed by atoms with Crippen LogP contribution in [-0.2, 0) is 13.0 Å². The third kappa shape index (κ3) is 3.52. The van der Waals surface area contributed by atoms with Gasteiger partial charge in [0.1, 0.15) is 0 Å². The van der Waals surface area contributed by atoms with E-state index in [9.17, 15) is 5.26 Å². The lowest BCUT2D eigenvalue weighted by atomic mass is 9.82. The average molecular weight is 328 g/mol. The summed E-state index contributed by atoms with van der Waals surface area (Å²) in [4.78, 5) is 2.69. The van der Waals surface area contributed by atoms with Gasteiger partial charge in [0.25, 0.3) is 0 Å². The maximum Gasteiger partial charge on any atom is 0.0994 e. The largest absolute Gasteiger partial charge is 0.289 e. The van der Waals surface area contributed by atoms with E-state index in [0.717, 1.165) is 24.9 Å². The van der Waals surface area contributed by atoms with Crippen molar-refractivity contribution in [3.8, 4) is 6.07 Å². The number of hydrogen-bond acceptors (Lipinski definition) is 2. The van der Waals surface area contributed by atoms with Gasteiger partial charge in [0, 0.05) is 18.6 Å². The maximum atomic E-state index is 9.34. The zero-order valence-corrected chi connectivity index (χ0v) is 14.6. The lowest BCUT2D eigenvalue weighted by Gasteiger charge is -2.45. The fourth-order valence-corrected chi connectivity index (χ4v) is 4.41. The first kappa shape index (κ1) is 16.1. The van der Waals surface area contributed by atoms with Gasteiger partial charge in [-0.25, -0.2) is 0 Å². The molecule has 0 amide bonds. The molecule has 0 N–H and O–H groups in total. The summed E-state index contributed by atoms with van der Waals surface area (Å²) >= 11 is 0. The van der Waals surface area contributed by atoms with Gasteiger partial charge in [-0.15, -0.1) is 0 Å². The summed E-state index contributed by atoms with van der Waals surface area (Å²) in [7, 11) is 0. The second kappa shape index (κ2) is 7.25. The molecule has 2 aliphatic rings. The van der Waals surface area contributed by atoms with Crippen molar-refractivity contribution in [1.29, 1.82) is 5.26 Å². The Balaban J connectivity index is 1.54. The molecule has 2 heterocycles. The third-order valence-electron chi connectivity index (χ3n) is 5.62. The molecule has 2 aliphatic heterocycles. The molecular formula is C23H24N2. The summed E-state index contributed by atoms with van der Waals surface area (Å²) in [5.74, 6) is 0. The minimum atomic E-state index is 0.553. The van der Waals surface area contributed by atoms with Crippen LogP contribution in [0.5, 0.6) is 0 Å². The molecule has 2 aromatic rings. The molecule has 2 bridgehead atoms. The fraction of sp³-hybridized carbons (Fsp3) is 0.348. The molecule has 2 aromatic carbocycles. The van der Waals surface area contributed by atoms with Crippen molar-refractivity contribution in [2.24, 2.45) is 0 Å². The molecule has 0 saturated carbocycles. The number of nitriles is 1. The van der Waals surface area contributed by atoms with Gasteiger partial charge >= 0.3 is 0 Å². The molecule has 0 radical (unpaired) electrons. The van der Waals surface area contributed by atoms with Crippen LogP contribution in [0.1, 0.15) is 42.4 Å². The Morgan fingerprint density at radius 2 is 1.80 bits per heavy atom. The maximum absolute atomic E-state index is 9.34. The topological polar surface area (TPSA) is 27.0 Å². The predicted octanol–water partition coefficient (Wildman–Crippen LogP) is 4.85. The van der Waals surface area contributed by atoms with Gasteiger partial charge in [-0.05, 0) is 42.9 Å². The number of nitrogens with zero attached hydrogens (tertiary/aromatic N) is 2. The van der Waals surface area contributed by atoms with Crippen LogP contribution in [0.4, 0.5) is 0 Å². The monoisotopic (exact) mass is 328 g/mol. The van der Waals surface area contributed by atoms with E-state index in [1.807, 2.05) is 18.2 Å². The smallest absolute Gasteiger partial charge is 0.0994 e. The first-order valence-corrected chi connectivity index (χ1v) is 9.31. The molecular weight excluding hydrogens is 304 g/mol. The van der Waals surface area contributed by atoms with Crippen molar-refractivity contribution in [1.82, 2.24) is 4.90 Å². The average Bonchev–Trinajstić information content (AvgIpc) is 2.64. The molecule has 2 atom stereocenters. The fourth-order valence-electron chi connectivity index (χ4n) is 4.41. The minimum absolute atomic E-state index is 0.553. The Bertz CT molecular complexity index is 800. The highest BCUT2D eigenvalue weighted by atomic mass is 15.2. The van der Waals surface area contributed by atoms with Crippen LogP contribution >= 0.6 is 0 Å². The first-order valence-electron chi connectivity index (χ1n) is 9.31. The van der Waals surface area contributed by atoms with Gasteiger partial charge < -0.3 is 0 Å². The molecule has 1 saturated heterocycles. The number of benzene rings is 2. The van der Waals surface area contributed by atoms with Crippen LogP contribution in [0.2, 0.25) is 0 Å². The highest BCUT2D eigenvalue weighted by Gasteiger charge is 2.33. The molecule has 25 heavy (non-hydrogen) atoms. The van der Waals surface area contributed by atoms with E-state index in [4.69, 9.17) is 0 Å². The summed E-state index contributed by atoms with van der Waals surface area (Å²) in [6, 6.07) is 22.4. The summed E-state index contributed by atoms with van der Waals surface area (Å²) in [5.41, 5.74) is 4.92. The van der Waals surface area contributed by atoms with Crippen LogP contribution in [0.25, 0.3) is 0 Å². The van der Waals surface area contributed by atoms with E-state index in [0.29, 0.717) is 12.1 Å². The lowest BCUT2D eigenvalue weighted by Crippen LogP contribution is -2.48. The molecule has 126 valence electrons. The molecule has 0 aliphatic carbocycles. The molecule has 2 nitrogen and oxygen atoms in total. The third-order valence-corrected chi connectivity index (χ3v) is 5.62. The molecule has 1 fully saturated rings. The van der Waals surface area contributed by atoms with Crippen molar-refractivity contribution >= 4 is 0 Å². The normalized spacial score (nSPS) is 22.9. The van der Waals surface area contributed by atoms with Crippen LogP contribution in [-0.4, -0.2) is 17.0 Å². The van der Waals surface area contributed by atoms with Gasteiger partial charge in [-0.1, -0.05) is 66.6 Å². The first-order chi connectivity index (χ1) is 12.3. The van der Waals surface area contributed by atoms with E-state index < -0.39 is 0 Å². The van der Waals surface area contributed by atoms with Crippen molar-refractivity contribution < 1.29 is 0 Å². The second-order valence-corrected chi connectivity index (χ2v) is 7.28. The van der Waals surface area contributed by atoms with E-state index in [1.54, 1.807) is 0 Å². The number of fused-ring (bicyclic) bond motifs is 2. The number of rotatable bonds is 4. The Labute approximate surface area is 150 Å². The van der Waals surface area contributed by atoms with E-state index in [2.05, 4.69) is 53.4 Å². The van der Waals surface area contributed by atoms with Crippen molar-refractivity contribution in [2.45, 2.75) is 50.7 Å². The molecule has 2 heteroatoms. The number of piperidine rings is 1. The van der Waals surface area contributed by atoms with Crippen LogP contribution in [0.15, 0.2) is 66.2 Å². The Hall–Kier alpha value is -2.37. The molecule has 4 rings (SSSR count). The van der Waals surface area contributed by atoms with Crippen molar-refractivity contribution in [3.05, 3.63) is 82.9 Å². The van der Waals surface area contributed by atoms with Gasteiger partial charge in [0.15, 0.2) is 0 Å². The summed E-state index contributed by atoms with van der Waals surface area (Å²) in [6.45, 7) is 1.05. The zero-order chi connectivity index (χ0) is 17.1. The highest BCUT2D eigenvalue weighted by Crippen LogP contribution is 2.35. The summed E-state index contributed by atoms with van der Waals surface area (Å²) in [6.07, 6.45) is 8.44. The SMILES string of the molecule is N#Cc1ccccc1CC1=CC2CCCC(C1)N2Cc1ccccc1. The van der Waals surface area contributed by atoms with Crippen molar-refractivity contribution in [2.75, 3.05) is 0 Å². The Kier molecular flexibility index (Phi) is 4.68. The summed E-state index contributed by atoms with van der Waals surface area (Å²) < 4.78 is 0. The van der Waals surface area contributed by atoms with Crippen LogP contribution in [0, 0.1) is 11.3 Å². The number of hydrogen-bond donors (Lipinski definition) is 0. The quantitative estimate of drug-likeness (QED) is 0.750. The predicted molar refractivity (Wildman–Crippen MR) is 101 cm³/mol. The van der Waals surface area contributed by atoms with Gasteiger partial charge in [0.2, 0.25) is 0 Å². The molecule has 0 spiro atoms. The zero-order valence-electron chi connectivity index (χ0n) is 14.6. The lowest BCUT2D eigenvalue weighted by molar-refractivity contribution is 0.0880. The molecule has 0 aromatic heterocycles. The van der Waals surface area contributed by atoms with E-state index in [1.165, 1.54) is 36.0 Å².